The number of ether oxygens (including phenoxy) is 1. The minimum Gasteiger partial charge on any atom is -0.497 e. The van der Waals surface area contributed by atoms with Crippen molar-refractivity contribution >= 4 is 15.7 Å². The van der Waals surface area contributed by atoms with Crippen molar-refractivity contribution in [3.63, 3.8) is 0 Å². The quantitative estimate of drug-likeness (QED) is 0.537. The summed E-state index contributed by atoms with van der Waals surface area (Å²) < 4.78 is 33.4. The van der Waals surface area contributed by atoms with Gasteiger partial charge >= 0.3 is 0 Å². The third kappa shape index (κ3) is 6.45. The van der Waals surface area contributed by atoms with Crippen molar-refractivity contribution in [2.75, 3.05) is 37.6 Å². The molecule has 1 atom stereocenters. The van der Waals surface area contributed by atoms with E-state index >= 15 is 0 Å². The van der Waals surface area contributed by atoms with Gasteiger partial charge in [0.05, 0.1) is 37.3 Å². The van der Waals surface area contributed by atoms with E-state index in [9.17, 15) is 13.5 Å². The monoisotopic (exact) mass is 435 g/mol. The topological polar surface area (TPSA) is 71.3 Å². The van der Waals surface area contributed by atoms with Crippen LogP contribution in [0.15, 0.2) is 53.4 Å². The third-order valence-corrected chi connectivity index (χ3v) is 6.89. The summed E-state index contributed by atoms with van der Waals surface area (Å²) in [6.45, 7) is 8.58. The normalized spacial score (nSPS) is 12.7. The Morgan fingerprint density at radius 1 is 1.00 bits per heavy atom. The standard InChI is InChI=1S/C23H34N2O4S/c1-5-15-24(16-6-2)17-21(26)18-25(20-9-11-22(29-4)12-10-20)30(27,28)23-13-7-19(3)8-14-23/h7-14,21,26H,5-6,15-18H2,1-4H3/p+1/t21-/m0/s1. The lowest BCUT2D eigenvalue weighted by Gasteiger charge is -2.28. The molecule has 30 heavy (non-hydrogen) atoms. The molecule has 6 nitrogen and oxygen atoms in total. The van der Waals surface area contributed by atoms with Gasteiger partial charge in [0.15, 0.2) is 0 Å². The first-order valence-electron chi connectivity index (χ1n) is 10.6. The summed E-state index contributed by atoms with van der Waals surface area (Å²) in [5.74, 6) is 0.647. The predicted octanol–water partition coefficient (Wildman–Crippen LogP) is 2.26. The minimum atomic E-state index is -3.82. The number of aliphatic hydroxyl groups is 1. The predicted molar refractivity (Wildman–Crippen MR) is 121 cm³/mol. The van der Waals surface area contributed by atoms with Gasteiger partial charge in [-0.2, -0.15) is 0 Å². The molecule has 0 saturated carbocycles. The fourth-order valence-electron chi connectivity index (χ4n) is 3.55. The summed E-state index contributed by atoms with van der Waals surface area (Å²) in [5.41, 5.74) is 1.49. The summed E-state index contributed by atoms with van der Waals surface area (Å²) in [4.78, 5) is 1.50. The number of nitrogens with zero attached hydrogens (tertiary/aromatic N) is 1. The van der Waals surface area contributed by atoms with E-state index in [0.29, 0.717) is 18.0 Å². The lowest BCUT2D eigenvalue weighted by molar-refractivity contribution is -0.903. The molecule has 2 N–H and O–H groups in total. The minimum absolute atomic E-state index is 0.000529. The molecule has 0 aliphatic carbocycles. The Hall–Kier alpha value is -2.09. The Balaban J connectivity index is 2.34. The van der Waals surface area contributed by atoms with Gasteiger partial charge < -0.3 is 14.7 Å². The second-order valence-electron chi connectivity index (χ2n) is 7.66. The number of benzene rings is 2. The van der Waals surface area contributed by atoms with Gasteiger partial charge in [-0.1, -0.05) is 31.5 Å². The maximum absolute atomic E-state index is 13.4. The van der Waals surface area contributed by atoms with Crippen molar-refractivity contribution in [3.8, 4) is 5.75 Å². The van der Waals surface area contributed by atoms with Crippen molar-refractivity contribution in [2.45, 2.75) is 44.6 Å². The van der Waals surface area contributed by atoms with E-state index in [1.807, 2.05) is 6.92 Å². The highest BCUT2D eigenvalue weighted by molar-refractivity contribution is 7.92. The number of hydrogen-bond donors (Lipinski definition) is 2. The maximum Gasteiger partial charge on any atom is 0.264 e. The van der Waals surface area contributed by atoms with Crippen LogP contribution < -0.4 is 13.9 Å². The molecule has 2 aromatic carbocycles. The molecule has 0 aromatic heterocycles. The van der Waals surface area contributed by atoms with Crippen LogP contribution in [0.4, 0.5) is 5.69 Å². The van der Waals surface area contributed by atoms with Gasteiger partial charge in [0.2, 0.25) is 0 Å². The average Bonchev–Trinajstić information content (AvgIpc) is 2.73. The van der Waals surface area contributed by atoms with Gasteiger partial charge in [-0.15, -0.1) is 0 Å². The molecule has 166 valence electrons. The van der Waals surface area contributed by atoms with Gasteiger partial charge in [0, 0.05) is 0 Å². The van der Waals surface area contributed by atoms with E-state index in [-0.39, 0.29) is 11.4 Å². The largest absolute Gasteiger partial charge is 0.497 e. The fraction of sp³-hybridized carbons (Fsp3) is 0.478. The first-order chi connectivity index (χ1) is 14.3. The number of quaternary nitrogens is 1. The van der Waals surface area contributed by atoms with E-state index in [1.54, 1.807) is 55.6 Å². The van der Waals surface area contributed by atoms with Gasteiger partial charge in [0.25, 0.3) is 10.0 Å². The van der Waals surface area contributed by atoms with Crippen LogP contribution >= 0.6 is 0 Å². The zero-order valence-corrected chi connectivity index (χ0v) is 19.3. The van der Waals surface area contributed by atoms with E-state index in [2.05, 4.69) is 13.8 Å². The van der Waals surface area contributed by atoms with E-state index < -0.39 is 16.1 Å². The van der Waals surface area contributed by atoms with Crippen LogP contribution in [-0.4, -0.2) is 52.9 Å². The van der Waals surface area contributed by atoms with E-state index in [0.717, 1.165) is 31.5 Å². The van der Waals surface area contributed by atoms with Crippen LogP contribution in [0.5, 0.6) is 5.75 Å². The smallest absolute Gasteiger partial charge is 0.264 e. The van der Waals surface area contributed by atoms with Crippen LogP contribution in [0.1, 0.15) is 32.3 Å². The molecule has 0 saturated heterocycles. The first-order valence-corrected chi connectivity index (χ1v) is 12.0. The number of aryl methyl sites for hydroxylation is 1. The lowest BCUT2D eigenvalue weighted by Crippen LogP contribution is -3.13. The molecule has 0 aliphatic heterocycles. The maximum atomic E-state index is 13.4. The van der Waals surface area contributed by atoms with Crippen molar-refractivity contribution in [1.82, 2.24) is 0 Å². The zero-order chi connectivity index (χ0) is 22.1. The molecule has 2 aromatic rings. The fourth-order valence-corrected chi connectivity index (χ4v) is 5.06. The Bertz CT molecular complexity index is 861. The number of anilines is 1. The summed E-state index contributed by atoms with van der Waals surface area (Å²) >= 11 is 0. The summed E-state index contributed by atoms with van der Waals surface area (Å²) in [6, 6.07) is 13.7. The number of rotatable bonds is 12. The second kappa shape index (κ2) is 11.3. The number of hydrogen-bond acceptors (Lipinski definition) is 4. The molecule has 0 fully saturated rings. The molecular formula is C23H35N2O4S+. The number of aliphatic hydroxyl groups excluding tert-OH is 1. The first kappa shape index (κ1) is 24.2. The van der Waals surface area contributed by atoms with E-state index in [4.69, 9.17) is 4.74 Å². The molecule has 0 aliphatic rings. The van der Waals surface area contributed by atoms with Crippen LogP contribution in [0, 0.1) is 6.92 Å². The Labute approximate surface area is 181 Å². The molecule has 0 spiro atoms. The number of sulfonamides is 1. The molecule has 7 heteroatoms. The summed E-state index contributed by atoms with van der Waals surface area (Å²) in [6.07, 6.45) is 1.26. The van der Waals surface area contributed by atoms with Gasteiger partial charge in [-0.3, -0.25) is 4.31 Å². The molecule has 0 heterocycles. The van der Waals surface area contributed by atoms with E-state index in [1.165, 1.54) is 9.21 Å². The van der Waals surface area contributed by atoms with Gasteiger partial charge in [-0.05, 0) is 56.2 Å². The highest BCUT2D eigenvalue weighted by atomic mass is 32.2. The van der Waals surface area contributed by atoms with Crippen molar-refractivity contribution in [2.24, 2.45) is 0 Å². The average molecular weight is 436 g/mol. The Morgan fingerprint density at radius 3 is 2.07 bits per heavy atom. The van der Waals surface area contributed by atoms with Crippen LogP contribution in [0.3, 0.4) is 0 Å². The molecular weight excluding hydrogens is 400 g/mol. The van der Waals surface area contributed by atoms with Crippen molar-refractivity contribution in [3.05, 3.63) is 54.1 Å². The highest BCUT2D eigenvalue weighted by Crippen LogP contribution is 2.26. The summed E-state index contributed by atoms with van der Waals surface area (Å²) in [7, 11) is -2.25. The lowest BCUT2D eigenvalue weighted by atomic mass is 10.2. The molecule has 0 unspecified atom stereocenters. The van der Waals surface area contributed by atoms with Gasteiger partial charge in [-0.25, -0.2) is 8.42 Å². The number of methoxy groups -OCH3 is 1. The number of nitrogens with one attached hydrogen (secondary N) is 1. The Kier molecular flexibility index (Phi) is 9.14. The second-order valence-corrected chi connectivity index (χ2v) is 9.52. The molecule has 0 bridgehead atoms. The highest BCUT2D eigenvalue weighted by Gasteiger charge is 2.28. The third-order valence-electron chi connectivity index (χ3n) is 5.08. The van der Waals surface area contributed by atoms with Crippen LogP contribution in [0.2, 0.25) is 0 Å². The summed E-state index contributed by atoms with van der Waals surface area (Å²) in [5, 5.41) is 10.8. The van der Waals surface area contributed by atoms with Gasteiger partial charge in [0.1, 0.15) is 18.4 Å². The SMILES string of the molecule is CCC[NH+](CCC)C[C@H](O)CN(c1ccc(OC)cc1)S(=O)(=O)c1ccc(C)cc1. The molecule has 2 rings (SSSR count). The van der Waals surface area contributed by atoms with Crippen molar-refractivity contribution < 1.29 is 23.2 Å². The van der Waals surface area contributed by atoms with Crippen LogP contribution in [-0.2, 0) is 10.0 Å². The zero-order valence-electron chi connectivity index (χ0n) is 18.5. The Morgan fingerprint density at radius 2 is 1.57 bits per heavy atom. The molecule has 0 amide bonds. The van der Waals surface area contributed by atoms with Crippen molar-refractivity contribution in [1.29, 1.82) is 0 Å². The molecule has 0 radical (unpaired) electrons. The van der Waals surface area contributed by atoms with Crippen LogP contribution in [0.25, 0.3) is 0 Å².